The van der Waals surface area contributed by atoms with E-state index in [-0.39, 0.29) is 76.8 Å². The van der Waals surface area contributed by atoms with Crippen LogP contribution in [0.1, 0.15) is 24.0 Å². The van der Waals surface area contributed by atoms with Gasteiger partial charge in [0.25, 0.3) is 0 Å². The first-order chi connectivity index (χ1) is 4.88. The van der Waals surface area contributed by atoms with Crippen LogP contribution in [-0.4, -0.2) is 0 Å². The van der Waals surface area contributed by atoms with Gasteiger partial charge in [-0.25, -0.2) is 6.08 Å². The van der Waals surface area contributed by atoms with Gasteiger partial charge < -0.3 is 50.9 Å². The molecule has 0 spiro atoms. The first kappa shape index (κ1) is 20.7. The number of hydrogen-bond acceptors (Lipinski definition) is 0. The standard InChI is InChI=1S/C10H9.3BrH.Hf/c1-8-6-7-9-4-2-3-5-10(8)9;;;;/h2-5,7-8H,1H3;3*1H;/q-1;;;;+4/p-3. The number of hydrogen-bond donors (Lipinski definition) is 0. The van der Waals surface area contributed by atoms with Crippen molar-refractivity contribution in [3.8, 4) is 0 Å². The maximum absolute atomic E-state index is 3.26. The van der Waals surface area contributed by atoms with Gasteiger partial charge in [0.05, 0.1) is 0 Å². The third kappa shape index (κ3) is 4.42. The first-order valence-electron chi connectivity index (χ1n) is 3.56. The van der Waals surface area contributed by atoms with E-state index in [0.29, 0.717) is 5.92 Å². The number of fused-ring (bicyclic) bond motifs is 1. The molecule has 0 aliphatic heterocycles. The Balaban J connectivity index is -0.000000302. The van der Waals surface area contributed by atoms with E-state index in [1.165, 1.54) is 11.1 Å². The third-order valence-corrected chi connectivity index (χ3v) is 1.95. The monoisotopic (exact) mass is 546 g/mol. The van der Waals surface area contributed by atoms with Crippen LogP contribution >= 0.6 is 0 Å². The summed E-state index contributed by atoms with van der Waals surface area (Å²) in [6.45, 7) is 2.17. The molecule has 0 amide bonds. The average Bonchev–Trinajstić information content (AvgIpc) is 2.34. The Labute approximate surface area is 136 Å². The molecule has 0 saturated carbocycles. The molecular formula is C10H9Br3Hf. The van der Waals surface area contributed by atoms with Gasteiger partial charge in [-0.1, -0.05) is 31.0 Å². The van der Waals surface area contributed by atoms with Gasteiger partial charge >= 0.3 is 25.8 Å². The van der Waals surface area contributed by atoms with E-state index in [1.54, 1.807) is 0 Å². The summed E-state index contributed by atoms with van der Waals surface area (Å²) < 4.78 is 0. The van der Waals surface area contributed by atoms with Crippen molar-refractivity contribution in [3.05, 3.63) is 41.5 Å². The summed E-state index contributed by atoms with van der Waals surface area (Å²) >= 11 is 0. The Bertz CT molecular complexity index is 286. The smallest absolute Gasteiger partial charge is 1.00 e. The van der Waals surface area contributed by atoms with Crippen LogP contribution in [0.25, 0.3) is 6.08 Å². The van der Waals surface area contributed by atoms with Crippen LogP contribution in [0.5, 0.6) is 0 Å². The summed E-state index contributed by atoms with van der Waals surface area (Å²) in [6, 6.07) is 8.44. The van der Waals surface area contributed by atoms with E-state index in [0.717, 1.165) is 0 Å². The average molecular weight is 547 g/mol. The van der Waals surface area contributed by atoms with Gasteiger partial charge in [0.15, 0.2) is 0 Å². The molecule has 2 rings (SSSR count). The van der Waals surface area contributed by atoms with Crippen LogP contribution in [-0.2, 0) is 25.8 Å². The van der Waals surface area contributed by atoms with Crippen molar-refractivity contribution in [2.24, 2.45) is 0 Å². The number of halogens is 3. The second kappa shape index (κ2) is 9.49. The van der Waals surface area contributed by atoms with Gasteiger partial charge in [0.2, 0.25) is 0 Å². The van der Waals surface area contributed by atoms with Crippen molar-refractivity contribution in [2.75, 3.05) is 0 Å². The van der Waals surface area contributed by atoms with Crippen molar-refractivity contribution in [1.82, 2.24) is 0 Å². The minimum Gasteiger partial charge on any atom is -1.00 e. The van der Waals surface area contributed by atoms with Gasteiger partial charge in [-0.15, -0.1) is 11.6 Å². The summed E-state index contributed by atoms with van der Waals surface area (Å²) in [5, 5.41) is 0. The summed E-state index contributed by atoms with van der Waals surface area (Å²) in [5.41, 5.74) is 2.73. The molecule has 1 aliphatic carbocycles. The molecule has 0 radical (unpaired) electrons. The van der Waals surface area contributed by atoms with E-state index >= 15 is 0 Å². The van der Waals surface area contributed by atoms with Crippen LogP contribution in [0.2, 0.25) is 0 Å². The molecule has 0 heterocycles. The maximum Gasteiger partial charge on any atom is 4.00 e. The van der Waals surface area contributed by atoms with E-state index < -0.39 is 0 Å². The Kier molecular flexibility index (Phi) is 14.0. The zero-order valence-electron chi connectivity index (χ0n) is 7.60. The van der Waals surface area contributed by atoms with E-state index in [4.69, 9.17) is 0 Å². The van der Waals surface area contributed by atoms with Gasteiger partial charge in [-0.2, -0.15) is 5.56 Å². The first-order valence-corrected chi connectivity index (χ1v) is 3.56. The Hall–Kier alpha value is 1.27. The minimum atomic E-state index is 0. The molecule has 0 saturated heterocycles. The largest absolute Gasteiger partial charge is 4.00 e. The molecule has 14 heavy (non-hydrogen) atoms. The Morgan fingerprint density at radius 1 is 1.07 bits per heavy atom. The zero-order chi connectivity index (χ0) is 6.97. The van der Waals surface area contributed by atoms with Crippen molar-refractivity contribution in [2.45, 2.75) is 12.8 Å². The molecule has 1 unspecified atom stereocenters. The normalized spacial score (nSPS) is 15.1. The summed E-state index contributed by atoms with van der Waals surface area (Å²) in [7, 11) is 0. The second-order valence-electron chi connectivity index (χ2n) is 2.66. The topological polar surface area (TPSA) is 0 Å². The number of allylic oxidation sites excluding steroid dienone is 1. The van der Waals surface area contributed by atoms with Crippen LogP contribution in [0, 0.1) is 6.08 Å². The van der Waals surface area contributed by atoms with Crippen molar-refractivity contribution < 1.29 is 76.8 Å². The van der Waals surface area contributed by atoms with Gasteiger partial charge in [0, 0.05) is 0 Å². The molecule has 0 N–H and O–H groups in total. The zero-order valence-corrected chi connectivity index (χ0v) is 15.9. The molecular weight excluding hydrogens is 538 g/mol. The molecule has 74 valence electrons. The van der Waals surface area contributed by atoms with E-state index in [9.17, 15) is 0 Å². The molecule has 1 aromatic carbocycles. The van der Waals surface area contributed by atoms with Gasteiger partial charge in [-0.3, -0.25) is 6.08 Å². The van der Waals surface area contributed by atoms with E-state index in [1.807, 2.05) is 0 Å². The van der Waals surface area contributed by atoms with Crippen molar-refractivity contribution >= 4 is 6.08 Å². The van der Waals surface area contributed by atoms with Crippen molar-refractivity contribution in [3.63, 3.8) is 0 Å². The molecule has 4 heteroatoms. The predicted octanol–water partition coefficient (Wildman–Crippen LogP) is -6.37. The molecule has 0 bridgehead atoms. The summed E-state index contributed by atoms with van der Waals surface area (Å²) in [5.74, 6) is 0.496. The van der Waals surface area contributed by atoms with Crippen LogP contribution in [0.15, 0.2) is 24.3 Å². The molecule has 1 aliphatic rings. The Morgan fingerprint density at radius 3 is 2.21 bits per heavy atom. The molecule has 0 fully saturated rings. The molecule has 1 atom stereocenters. The third-order valence-electron chi connectivity index (χ3n) is 1.95. The minimum absolute atomic E-state index is 0. The number of benzene rings is 1. The maximum atomic E-state index is 3.26. The molecule has 1 aromatic rings. The SMILES string of the molecule is CC1[C-]=Cc2ccccc21.[Br-].[Br-].[Br-].[Hf+4]. The van der Waals surface area contributed by atoms with Crippen molar-refractivity contribution in [1.29, 1.82) is 0 Å². The van der Waals surface area contributed by atoms with Crippen LogP contribution in [0.4, 0.5) is 0 Å². The summed E-state index contributed by atoms with van der Waals surface area (Å²) in [4.78, 5) is 0. The fourth-order valence-corrected chi connectivity index (χ4v) is 1.34. The Morgan fingerprint density at radius 2 is 1.64 bits per heavy atom. The second-order valence-corrected chi connectivity index (χ2v) is 2.66. The van der Waals surface area contributed by atoms with Gasteiger partial charge in [-0.05, 0) is 0 Å². The number of rotatable bonds is 0. The van der Waals surface area contributed by atoms with Crippen LogP contribution < -0.4 is 50.9 Å². The van der Waals surface area contributed by atoms with E-state index in [2.05, 4.69) is 43.3 Å². The fourth-order valence-electron chi connectivity index (χ4n) is 1.34. The molecule has 0 nitrogen and oxygen atoms in total. The quantitative estimate of drug-likeness (QED) is 0.224. The van der Waals surface area contributed by atoms with Gasteiger partial charge in [0.1, 0.15) is 0 Å². The fraction of sp³-hybridized carbons (Fsp3) is 0.200. The predicted molar refractivity (Wildman–Crippen MR) is 42.6 cm³/mol. The molecule has 0 aromatic heterocycles. The van der Waals surface area contributed by atoms with Crippen LogP contribution in [0.3, 0.4) is 0 Å². The summed E-state index contributed by atoms with van der Waals surface area (Å²) in [6.07, 6.45) is 5.33.